The van der Waals surface area contributed by atoms with Crippen molar-refractivity contribution in [2.45, 2.75) is 33.3 Å². The molecule has 0 saturated carbocycles. The van der Waals surface area contributed by atoms with Crippen molar-refractivity contribution in [3.63, 3.8) is 0 Å². The van der Waals surface area contributed by atoms with E-state index in [4.69, 9.17) is 4.74 Å². The molecule has 0 N–H and O–H groups in total. The summed E-state index contributed by atoms with van der Waals surface area (Å²) in [5, 5.41) is 0. The monoisotopic (exact) mass is 324 g/mol. The fourth-order valence-electron chi connectivity index (χ4n) is 2.40. The second-order valence-electron chi connectivity index (χ2n) is 5.38. The lowest BCUT2D eigenvalue weighted by Crippen LogP contribution is -2.47. The predicted octanol–water partition coefficient (Wildman–Crippen LogP) is 3.67. The molecule has 0 amide bonds. The van der Waals surface area contributed by atoms with E-state index in [9.17, 15) is 9.59 Å². The van der Waals surface area contributed by atoms with Gasteiger partial charge in [0.25, 0.3) is 0 Å². The minimum atomic E-state index is -1.04. The largest absolute Gasteiger partial charge is 0.456 e. The van der Waals surface area contributed by atoms with E-state index in [1.165, 1.54) is 0 Å². The third-order valence-corrected chi connectivity index (χ3v) is 4.23. The molecule has 1 fully saturated rings. The molecule has 1 saturated heterocycles. The van der Waals surface area contributed by atoms with E-state index in [0.717, 1.165) is 10.0 Å². The van der Waals surface area contributed by atoms with Crippen LogP contribution in [0.25, 0.3) is 0 Å². The van der Waals surface area contributed by atoms with Crippen LogP contribution in [0.2, 0.25) is 0 Å². The Morgan fingerprint density at radius 3 is 2.32 bits per heavy atom. The first-order chi connectivity index (χ1) is 8.87. The molecular weight excluding hydrogens is 308 g/mol. The number of hydrogen-bond donors (Lipinski definition) is 0. The number of rotatable bonds is 2. The first kappa shape index (κ1) is 14.3. The zero-order chi connectivity index (χ0) is 14.2. The summed E-state index contributed by atoms with van der Waals surface area (Å²) in [5.74, 6) is -0.733. The molecule has 3 nitrogen and oxygen atoms in total. The topological polar surface area (TPSA) is 43.4 Å². The highest BCUT2D eigenvalue weighted by Crippen LogP contribution is 2.41. The Bertz CT molecular complexity index is 505. The Balaban J connectivity index is 2.38. The summed E-state index contributed by atoms with van der Waals surface area (Å²) in [6, 6.07) is 7.55. The van der Waals surface area contributed by atoms with Gasteiger partial charge in [-0.1, -0.05) is 35.0 Å². The summed E-state index contributed by atoms with van der Waals surface area (Å²) in [4.78, 5) is 24.4. The first-order valence-electron chi connectivity index (χ1n) is 6.38. The van der Waals surface area contributed by atoms with E-state index in [2.05, 4.69) is 15.9 Å². The molecule has 0 spiro atoms. The average Bonchev–Trinajstić information content (AvgIpc) is 2.37. The van der Waals surface area contributed by atoms with E-state index >= 15 is 0 Å². The fraction of sp³-hybridized carbons (Fsp3) is 0.467. The van der Waals surface area contributed by atoms with Crippen LogP contribution in [0.1, 0.15) is 38.9 Å². The number of carbonyl (C=O) groups is 2. The highest BCUT2D eigenvalue weighted by molar-refractivity contribution is 9.10. The molecule has 1 aromatic rings. The Morgan fingerprint density at radius 1 is 1.21 bits per heavy atom. The smallest absolute Gasteiger partial charge is 0.319 e. The maximum Gasteiger partial charge on any atom is 0.319 e. The number of Topliss-reactive ketones (excluding diaryl/α,β-unsaturated/α-hetero) is 1. The van der Waals surface area contributed by atoms with E-state index in [1.54, 1.807) is 13.8 Å². The minimum Gasteiger partial charge on any atom is -0.456 e. The second-order valence-corrected chi connectivity index (χ2v) is 6.30. The van der Waals surface area contributed by atoms with E-state index in [1.807, 2.05) is 31.2 Å². The number of cyclic esters (lactones) is 1. The van der Waals surface area contributed by atoms with Gasteiger partial charge in [-0.3, -0.25) is 9.59 Å². The molecule has 1 aliphatic rings. The van der Waals surface area contributed by atoms with Gasteiger partial charge >= 0.3 is 5.97 Å². The molecule has 1 heterocycles. The normalized spacial score (nSPS) is 26.1. The van der Waals surface area contributed by atoms with Crippen LogP contribution in [0.5, 0.6) is 0 Å². The molecule has 2 rings (SSSR count). The lowest BCUT2D eigenvalue weighted by atomic mass is 9.74. The predicted molar refractivity (Wildman–Crippen MR) is 75.5 cm³/mol. The van der Waals surface area contributed by atoms with Gasteiger partial charge < -0.3 is 4.74 Å². The van der Waals surface area contributed by atoms with E-state index in [0.29, 0.717) is 6.42 Å². The highest BCUT2D eigenvalue weighted by atomic mass is 79.9. The van der Waals surface area contributed by atoms with Crippen LogP contribution in [-0.4, -0.2) is 11.8 Å². The van der Waals surface area contributed by atoms with Crippen LogP contribution in [0.15, 0.2) is 28.7 Å². The zero-order valence-electron chi connectivity index (χ0n) is 11.3. The molecular formula is C15H17BrO3. The molecule has 0 bridgehead atoms. The summed E-state index contributed by atoms with van der Waals surface area (Å²) >= 11 is 3.37. The van der Waals surface area contributed by atoms with Crippen molar-refractivity contribution in [1.29, 1.82) is 0 Å². The third-order valence-electron chi connectivity index (χ3n) is 3.70. The summed E-state index contributed by atoms with van der Waals surface area (Å²) in [7, 11) is 0. The van der Waals surface area contributed by atoms with Crippen molar-refractivity contribution in [2.24, 2.45) is 11.3 Å². The number of ether oxygens (including phenoxy) is 1. The molecule has 19 heavy (non-hydrogen) atoms. The molecule has 0 unspecified atom stereocenters. The Labute approximate surface area is 121 Å². The van der Waals surface area contributed by atoms with Crippen LogP contribution in [0, 0.1) is 11.3 Å². The minimum absolute atomic E-state index is 0.0285. The number of halogens is 1. The Hall–Kier alpha value is -1.16. The van der Waals surface area contributed by atoms with Gasteiger partial charge in [0.15, 0.2) is 5.78 Å². The highest BCUT2D eigenvalue weighted by Gasteiger charge is 2.50. The third kappa shape index (κ3) is 2.46. The standard InChI is InChI=1S/C15H17BrO3/c1-4-11-12(9-5-7-10(16)8-6-9)19-14(18)15(2,3)13(11)17/h5-8,11-12H,4H2,1-3H3/t11-,12-/m1/s1. The number of esters is 1. The van der Waals surface area contributed by atoms with Crippen molar-refractivity contribution >= 4 is 27.7 Å². The van der Waals surface area contributed by atoms with Gasteiger partial charge in [0, 0.05) is 4.47 Å². The van der Waals surface area contributed by atoms with Crippen molar-refractivity contribution in [3.8, 4) is 0 Å². The van der Waals surface area contributed by atoms with Gasteiger partial charge in [0.2, 0.25) is 0 Å². The second kappa shape index (κ2) is 5.08. The van der Waals surface area contributed by atoms with Crippen molar-refractivity contribution < 1.29 is 14.3 Å². The van der Waals surface area contributed by atoms with Gasteiger partial charge in [0.05, 0.1) is 5.92 Å². The molecule has 1 aliphatic heterocycles. The summed E-state index contributed by atoms with van der Waals surface area (Å²) in [5.41, 5.74) is -0.167. The maximum absolute atomic E-state index is 12.4. The molecule has 0 radical (unpaired) electrons. The molecule has 4 heteroatoms. The van der Waals surface area contributed by atoms with Gasteiger partial charge in [-0.15, -0.1) is 0 Å². The number of hydrogen-bond acceptors (Lipinski definition) is 3. The van der Waals surface area contributed by atoms with Crippen LogP contribution >= 0.6 is 15.9 Å². The number of carbonyl (C=O) groups excluding carboxylic acids is 2. The van der Waals surface area contributed by atoms with E-state index < -0.39 is 17.5 Å². The van der Waals surface area contributed by atoms with Crippen LogP contribution < -0.4 is 0 Å². The number of ketones is 1. The van der Waals surface area contributed by atoms with Gasteiger partial charge in [-0.25, -0.2) is 0 Å². The Morgan fingerprint density at radius 2 is 1.79 bits per heavy atom. The van der Waals surface area contributed by atoms with Gasteiger partial charge in [-0.2, -0.15) is 0 Å². The van der Waals surface area contributed by atoms with Crippen LogP contribution in [0.3, 0.4) is 0 Å². The molecule has 1 aromatic carbocycles. The van der Waals surface area contributed by atoms with Gasteiger partial charge in [0.1, 0.15) is 11.5 Å². The van der Waals surface area contributed by atoms with Gasteiger partial charge in [-0.05, 0) is 38.0 Å². The first-order valence-corrected chi connectivity index (χ1v) is 7.18. The quantitative estimate of drug-likeness (QED) is 0.615. The molecule has 0 aromatic heterocycles. The Kier molecular flexibility index (Phi) is 3.81. The lowest BCUT2D eigenvalue weighted by molar-refractivity contribution is -0.179. The van der Waals surface area contributed by atoms with Crippen molar-refractivity contribution in [3.05, 3.63) is 34.3 Å². The molecule has 0 aliphatic carbocycles. The van der Waals surface area contributed by atoms with Crippen molar-refractivity contribution in [2.75, 3.05) is 0 Å². The zero-order valence-corrected chi connectivity index (χ0v) is 12.9. The molecule has 102 valence electrons. The van der Waals surface area contributed by atoms with E-state index in [-0.39, 0.29) is 11.7 Å². The van der Waals surface area contributed by atoms with Crippen LogP contribution in [-0.2, 0) is 14.3 Å². The number of benzene rings is 1. The SMILES string of the molecule is CC[C@H]1C(=O)C(C)(C)C(=O)O[C@@H]1c1ccc(Br)cc1. The summed E-state index contributed by atoms with van der Waals surface area (Å²) in [6.45, 7) is 5.22. The van der Waals surface area contributed by atoms with Crippen molar-refractivity contribution in [1.82, 2.24) is 0 Å². The molecule has 2 atom stereocenters. The summed E-state index contributed by atoms with van der Waals surface area (Å²) < 4.78 is 6.48. The fourth-order valence-corrected chi connectivity index (χ4v) is 2.66. The maximum atomic E-state index is 12.4. The average molecular weight is 325 g/mol. The summed E-state index contributed by atoms with van der Waals surface area (Å²) in [6.07, 6.45) is 0.196. The lowest BCUT2D eigenvalue weighted by Gasteiger charge is -2.37. The van der Waals surface area contributed by atoms with Crippen LogP contribution in [0.4, 0.5) is 0 Å².